The molecule has 7 heteroatoms. The maximum absolute atomic E-state index is 12.8. The van der Waals surface area contributed by atoms with Gasteiger partial charge in [0.15, 0.2) is 0 Å². The molecular weight excluding hydrogens is 362 g/mol. The molecule has 0 amide bonds. The van der Waals surface area contributed by atoms with E-state index >= 15 is 0 Å². The second kappa shape index (κ2) is 6.44. The molecule has 0 radical (unpaired) electrons. The van der Waals surface area contributed by atoms with Gasteiger partial charge in [0.2, 0.25) is 10.0 Å². The summed E-state index contributed by atoms with van der Waals surface area (Å²) >= 11 is 4.59. The molecule has 0 atom stereocenters. The molecule has 114 valence electrons. The third kappa shape index (κ3) is 3.62. The van der Waals surface area contributed by atoms with Crippen LogP contribution in [0.2, 0.25) is 0 Å². The van der Waals surface area contributed by atoms with E-state index < -0.39 is 10.0 Å². The third-order valence-corrected chi connectivity index (χ3v) is 7.52. The van der Waals surface area contributed by atoms with Crippen molar-refractivity contribution < 1.29 is 13.5 Å². The summed E-state index contributed by atoms with van der Waals surface area (Å²) in [5.41, 5.74) is 0. The van der Waals surface area contributed by atoms with Crippen molar-refractivity contribution in [1.29, 1.82) is 0 Å². The maximum Gasteiger partial charge on any atom is 0.245 e. The molecule has 0 spiro atoms. The Morgan fingerprint density at radius 2 is 2.15 bits per heavy atom. The van der Waals surface area contributed by atoms with Crippen molar-refractivity contribution >= 4 is 37.3 Å². The highest BCUT2D eigenvalue weighted by Gasteiger charge is 2.39. The molecule has 1 aliphatic rings. The van der Waals surface area contributed by atoms with Crippen molar-refractivity contribution in [3.8, 4) is 0 Å². The van der Waals surface area contributed by atoms with Gasteiger partial charge in [-0.15, -0.1) is 11.3 Å². The van der Waals surface area contributed by atoms with Gasteiger partial charge in [-0.05, 0) is 47.2 Å². The minimum Gasteiger partial charge on any atom is -0.391 e. The molecule has 1 aromatic rings. The Hall–Kier alpha value is 0.0500. The molecule has 0 unspecified atom stereocenters. The van der Waals surface area contributed by atoms with Gasteiger partial charge in [-0.1, -0.05) is 13.8 Å². The van der Waals surface area contributed by atoms with Gasteiger partial charge in [0.25, 0.3) is 0 Å². The second-order valence-electron chi connectivity index (χ2n) is 5.54. The van der Waals surface area contributed by atoms with Crippen LogP contribution >= 0.6 is 27.3 Å². The van der Waals surface area contributed by atoms with Crippen LogP contribution < -0.4 is 0 Å². The van der Waals surface area contributed by atoms with E-state index in [1.165, 1.54) is 11.3 Å². The van der Waals surface area contributed by atoms with Gasteiger partial charge in [0.05, 0.1) is 10.4 Å². The maximum atomic E-state index is 12.8. The normalized spacial score (nSPS) is 16.3. The van der Waals surface area contributed by atoms with Crippen molar-refractivity contribution in [2.24, 2.45) is 5.92 Å². The summed E-state index contributed by atoms with van der Waals surface area (Å²) in [6, 6.07) is 1.73. The topological polar surface area (TPSA) is 57.6 Å². The Morgan fingerprint density at radius 1 is 1.50 bits per heavy atom. The van der Waals surface area contributed by atoms with Gasteiger partial charge >= 0.3 is 0 Å². The molecule has 0 saturated heterocycles. The number of aliphatic hydroxyl groups excluding tert-OH is 1. The molecule has 1 heterocycles. The number of hydrogen-bond donors (Lipinski definition) is 1. The van der Waals surface area contributed by atoms with Crippen molar-refractivity contribution in [2.75, 3.05) is 6.54 Å². The largest absolute Gasteiger partial charge is 0.391 e. The molecule has 4 nitrogen and oxygen atoms in total. The summed E-state index contributed by atoms with van der Waals surface area (Å²) in [5.74, 6) is 0.477. The highest BCUT2D eigenvalue weighted by atomic mass is 79.9. The summed E-state index contributed by atoms with van der Waals surface area (Å²) < 4.78 is 27.8. The number of hydrogen-bond acceptors (Lipinski definition) is 4. The highest BCUT2D eigenvalue weighted by molar-refractivity contribution is 9.11. The van der Waals surface area contributed by atoms with Crippen LogP contribution in [0.1, 0.15) is 38.0 Å². The van der Waals surface area contributed by atoms with E-state index in [0.717, 1.165) is 19.3 Å². The van der Waals surface area contributed by atoms with Crippen molar-refractivity contribution in [1.82, 2.24) is 4.31 Å². The Kier molecular flexibility index (Phi) is 5.29. The first kappa shape index (κ1) is 16.4. The summed E-state index contributed by atoms with van der Waals surface area (Å²) in [7, 11) is -3.47. The number of aliphatic hydroxyl groups is 1. The predicted molar refractivity (Wildman–Crippen MR) is 84.3 cm³/mol. The van der Waals surface area contributed by atoms with Crippen molar-refractivity contribution in [2.45, 2.75) is 50.7 Å². The summed E-state index contributed by atoms with van der Waals surface area (Å²) in [4.78, 5) is 0.956. The first-order valence-electron chi connectivity index (χ1n) is 6.77. The van der Waals surface area contributed by atoms with Crippen LogP contribution in [0.3, 0.4) is 0 Å². The highest BCUT2D eigenvalue weighted by Crippen LogP contribution is 2.38. The fourth-order valence-corrected chi connectivity index (χ4v) is 6.22. The molecule has 1 fully saturated rings. The van der Waals surface area contributed by atoms with E-state index in [1.54, 1.807) is 10.4 Å². The van der Waals surface area contributed by atoms with Crippen LogP contribution in [-0.4, -0.2) is 30.4 Å². The summed E-state index contributed by atoms with van der Waals surface area (Å²) in [6.07, 6.45) is 2.77. The number of thiophene rings is 1. The van der Waals surface area contributed by atoms with E-state index in [1.807, 2.05) is 0 Å². The van der Waals surface area contributed by atoms with Crippen LogP contribution in [0.25, 0.3) is 0 Å². The first-order valence-corrected chi connectivity index (χ1v) is 9.82. The monoisotopic (exact) mass is 381 g/mol. The van der Waals surface area contributed by atoms with Gasteiger partial charge in [0, 0.05) is 17.5 Å². The third-order valence-electron chi connectivity index (χ3n) is 3.33. The lowest BCUT2D eigenvalue weighted by molar-refractivity contribution is 0.285. The Labute approximate surface area is 133 Å². The summed E-state index contributed by atoms with van der Waals surface area (Å²) in [5, 5.41) is 9.16. The van der Waals surface area contributed by atoms with E-state index in [9.17, 15) is 8.42 Å². The molecule has 0 aliphatic heterocycles. The lowest BCUT2D eigenvalue weighted by Gasteiger charge is -2.22. The van der Waals surface area contributed by atoms with Gasteiger partial charge in [-0.2, -0.15) is 4.31 Å². The van der Waals surface area contributed by atoms with E-state index in [2.05, 4.69) is 29.8 Å². The zero-order valence-electron chi connectivity index (χ0n) is 11.7. The SMILES string of the molecule is CC(C)CCN(C1CC1)S(=O)(=O)c1cc(CO)sc1Br. The van der Waals surface area contributed by atoms with Gasteiger partial charge in [-0.25, -0.2) is 8.42 Å². The fraction of sp³-hybridized carbons (Fsp3) is 0.692. The molecule has 1 aromatic heterocycles. The van der Waals surface area contributed by atoms with E-state index in [-0.39, 0.29) is 12.6 Å². The molecule has 1 aliphatic carbocycles. The number of sulfonamides is 1. The van der Waals surface area contributed by atoms with Crippen molar-refractivity contribution in [3.05, 3.63) is 14.7 Å². The molecule has 0 aromatic carbocycles. The quantitative estimate of drug-likeness (QED) is 0.788. The average molecular weight is 382 g/mol. The lowest BCUT2D eigenvalue weighted by Crippen LogP contribution is -2.34. The number of halogens is 1. The van der Waals surface area contributed by atoms with E-state index in [4.69, 9.17) is 5.11 Å². The summed E-state index contributed by atoms with van der Waals surface area (Å²) in [6.45, 7) is 4.64. The smallest absolute Gasteiger partial charge is 0.245 e. The van der Waals surface area contributed by atoms with Gasteiger partial charge in [-0.3, -0.25) is 0 Å². The zero-order valence-corrected chi connectivity index (χ0v) is 14.9. The second-order valence-corrected chi connectivity index (χ2v) is 9.85. The van der Waals surface area contributed by atoms with Crippen LogP contribution in [-0.2, 0) is 16.6 Å². The standard InChI is InChI=1S/C13H20BrNO3S2/c1-9(2)5-6-15(10-3-4-10)20(17,18)12-7-11(8-16)19-13(12)14/h7,9-10,16H,3-6,8H2,1-2H3. The van der Waals surface area contributed by atoms with Gasteiger partial charge < -0.3 is 5.11 Å². The molecular formula is C13H20BrNO3S2. The Morgan fingerprint density at radius 3 is 2.60 bits per heavy atom. The molecule has 1 N–H and O–H groups in total. The molecule has 20 heavy (non-hydrogen) atoms. The van der Waals surface area contributed by atoms with Crippen LogP contribution in [0.15, 0.2) is 14.7 Å². The minimum atomic E-state index is -3.47. The van der Waals surface area contributed by atoms with Crippen molar-refractivity contribution in [3.63, 3.8) is 0 Å². The predicted octanol–water partition coefficient (Wildman–Crippen LogP) is 3.20. The Bertz CT molecular complexity index is 564. The lowest BCUT2D eigenvalue weighted by atomic mass is 10.1. The Balaban J connectivity index is 2.27. The molecule has 2 rings (SSSR count). The minimum absolute atomic E-state index is 0.131. The molecule has 1 saturated carbocycles. The van der Waals surface area contributed by atoms with Gasteiger partial charge in [0.1, 0.15) is 4.90 Å². The first-order chi connectivity index (χ1) is 9.36. The fourth-order valence-electron chi connectivity index (χ4n) is 2.02. The molecule has 0 bridgehead atoms. The van der Waals surface area contributed by atoms with Crippen LogP contribution in [0, 0.1) is 5.92 Å². The number of rotatable bonds is 7. The number of nitrogens with zero attached hydrogens (tertiary/aromatic N) is 1. The van der Waals surface area contributed by atoms with E-state index in [0.29, 0.717) is 26.0 Å². The zero-order chi connectivity index (χ0) is 14.9. The average Bonchev–Trinajstić information content (AvgIpc) is 3.10. The van der Waals surface area contributed by atoms with Crippen LogP contribution in [0.5, 0.6) is 0 Å². The van der Waals surface area contributed by atoms with Crippen LogP contribution in [0.4, 0.5) is 0 Å².